The Morgan fingerprint density at radius 3 is 2.87 bits per heavy atom. The van der Waals surface area contributed by atoms with E-state index in [2.05, 4.69) is 6.92 Å². The van der Waals surface area contributed by atoms with Gasteiger partial charge in [0.05, 0.1) is 6.54 Å². The van der Waals surface area contributed by atoms with E-state index in [1.807, 2.05) is 6.08 Å². The molecular weight excluding hydrogens is 293 g/mol. The first-order valence-corrected chi connectivity index (χ1v) is 8.26. The molecule has 1 amide bonds. The summed E-state index contributed by atoms with van der Waals surface area (Å²) in [5, 5.41) is 11.3. The van der Waals surface area contributed by atoms with Crippen molar-refractivity contribution in [2.24, 2.45) is 0 Å². The van der Waals surface area contributed by atoms with Gasteiger partial charge in [0.1, 0.15) is 5.82 Å². The van der Waals surface area contributed by atoms with Crippen LogP contribution in [0, 0.1) is 5.82 Å². The topological polar surface area (TPSA) is 40.5 Å². The lowest BCUT2D eigenvalue weighted by Gasteiger charge is -2.36. The number of carbonyl (C=O) groups is 1. The monoisotopic (exact) mass is 315 g/mol. The maximum atomic E-state index is 14.0. The molecule has 1 heterocycles. The molecule has 1 atom stereocenters. The third-order valence-electron chi connectivity index (χ3n) is 4.74. The van der Waals surface area contributed by atoms with Crippen LogP contribution in [-0.4, -0.2) is 21.6 Å². The first-order valence-electron chi connectivity index (χ1n) is 8.26. The number of amides is 1. The Kier molecular flexibility index (Phi) is 4.35. The third-order valence-corrected chi connectivity index (χ3v) is 4.74. The minimum atomic E-state index is -1.28. The van der Waals surface area contributed by atoms with Crippen molar-refractivity contribution in [2.75, 3.05) is 0 Å². The molecule has 0 radical (unpaired) electrons. The summed E-state index contributed by atoms with van der Waals surface area (Å²) in [5.41, 5.74) is 0.538. The van der Waals surface area contributed by atoms with Gasteiger partial charge in [0, 0.05) is 11.1 Å². The summed E-state index contributed by atoms with van der Waals surface area (Å²) >= 11 is 0. The maximum Gasteiger partial charge on any atom is 0.256 e. The summed E-state index contributed by atoms with van der Waals surface area (Å²) in [6.07, 6.45) is 7.53. The van der Waals surface area contributed by atoms with Gasteiger partial charge < -0.3 is 10.0 Å². The van der Waals surface area contributed by atoms with Crippen LogP contribution in [0.3, 0.4) is 0 Å². The molecular formula is C19H22FNO2. The summed E-state index contributed by atoms with van der Waals surface area (Å²) < 4.78 is 14.0. The molecule has 1 aliphatic heterocycles. The Labute approximate surface area is 136 Å². The fourth-order valence-electron chi connectivity index (χ4n) is 3.47. The van der Waals surface area contributed by atoms with Gasteiger partial charge in [0.2, 0.25) is 0 Å². The van der Waals surface area contributed by atoms with Crippen molar-refractivity contribution in [1.29, 1.82) is 0 Å². The van der Waals surface area contributed by atoms with Crippen LogP contribution in [0.5, 0.6) is 0 Å². The normalized spacial score (nSPS) is 23.6. The lowest BCUT2D eigenvalue weighted by atomic mass is 9.89. The minimum Gasteiger partial charge on any atom is -0.367 e. The highest BCUT2D eigenvalue weighted by Crippen LogP contribution is 2.43. The van der Waals surface area contributed by atoms with E-state index in [0.29, 0.717) is 24.0 Å². The second kappa shape index (κ2) is 6.28. The summed E-state index contributed by atoms with van der Waals surface area (Å²) in [6.45, 7) is 2.14. The Morgan fingerprint density at radius 2 is 2.13 bits per heavy atom. The molecule has 1 aliphatic carbocycles. The maximum absolute atomic E-state index is 14.0. The number of carbonyl (C=O) groups excluding carboxylic acids is 1. The second-order valence-corrected chi connectivity index (χ2v) is 6.24. The van der Waals surface area contributed by atoms with Crippen LogP contribution in [0.2, 0.25) is 0 Å². The number of hydrogen-bond acceptors (Lipinski definition) is 2. The lowest BCUT2D eigenvalue weighted by Crippen LogP contribution is -2.48. The number of allylic oxidation sites excluding steroid dienone is 1. The standard InChI is InChI=1S/C19H22FNO2/c1-2-3-12-19(23)16-10-6-5-9-15(16)18(22)21(19)13-14-8-4-7-11-17(14)20/h4-5,7-9,11,23H,2-3,6,10,12-13H2,1H3. The van der Waals surface area contributed by atoms with Crippen LogP contribution in [0.25, 0.3) is 0 Å². The van der Waals surface area contributed by atoms with Crippen LogP contribution in [-0.2, 0) is 11.3 Å². The van der Waals surface area contributed by atoms with Crippen molar-refractivity contribution in [3.8, 4) is 0 Å². The van der Waals surface area contributed by atoms with Gasteiger partial charge in [-0.1, -0.05) is 43.7 Å². The minimum absolute atomic E-state index is 0.0898. The quantitative estimate of drug-likeness (QED) is 0.900. The third kappa shape index (κ3) is 2.72. The van der Waals surface area contributed by atoms with E-state index < -0.39 is 5.72 Å². The molecule has 0 saturated heterocycles. The number of unbranched alkanes of at least 4 members (excludes halogenated alkanes) is 1. The van der Waals surface area contributed by atoms with Crippen molar-refractivity contribution < 1.29 is 14.3 Å². The van der Waals surface area contributed by atoms with Crippen molar-refractivity contribution in [3.05, 3.63) is 58.9 Å². The average molecular weight is 315 g/mol. The predicted octanol–water partition coefficient (Wildman–Crippen LogP) is 3.69. The first-order chi connectivity index (χ1) is 11.1. The van der Waals surface area contributed by atoms with Gasteiger partial charge in [-0.25, -0.2) is 4.39 Å². The molecule has 3 rings (SSSR count). The van der Waals surface area contributed by atoms with Gasteiger partial charge >= 0.3 is 0 Å². The molecule has 3 nitrogen and oxygen atoms in total. The molecule has 0 saturated carbocycles. The fourth-order valence-corrected chi connectivity index (χ4v) is 3.47. The number of nitrogens with zero attached hydrogens (tertiary/aromatic N) is 1. The zero-order valence-corrected chi connectivity index (χ0v) is 13.4. The summed E-state index contributed by atoms with van der Waals surface area (Å²) in [5.74, 6) is -0.545. The van der Waals surface area contributed by atoms with Gasteiger partial charge in [0.25, 0.3) is 5.91 Å². The van der Waals surface area contributed by atoms with Crippen LogP contribution in [0.15, 0.2) is 47.6 Å². The van der Waals surface area contributed by atoms with E-state index in [1.54, 1.807) is 24.3 Å². The molecule has 122 valence electrons. The molecule has 4 heteroatoms. The van der Waals surface area contributed by atoms with E-state index in [1.165, 1.54) is 11.0 Å². The van der Waals surface area contributed by atoms with Crippen LogP contribution < -0.4 is 0 Å². The van der Waals surface area contributed by atoms with E-state index in [0.717, 1.165) is 24.8 Å². The molecule has 0 fully saturated rings. The largest absolute Gasteiger partial charge is 0.367 e. The van der Waals surface area contributed by atoms with Gasteiger partial charge in [-0.15, -0.1) is 0 Å². The highest BCUT2D eigenvalue weighted by atomic mass is 19.1. The summed E-state index contributed by atoms with van der Waals surface area (Å²) in [7, 11) is 0. The van der Waals surface area contributed by atoms with Gasteiger partial charge in [-0.2, -0.15) is 0 Å². The summed E-state index contributed by atoms with van der Waals surface area (Å²) in [4.78, 5) is 14.2. The molecule has 0 spiro atoms. The van der Waals surface area contributed by atoms with Gasteiger partial charge in [-0.3, -0.25) is 4.79 Å². The number of benzene rings is 1. The van der Waals surface area contributed by atoms with Crippen molar-refractivity contribution in [2.45, 2.75) is 51.3 Å². The van der Waals surface area contributed by atoms with Gasteiger partial charge in [-0.05, 0) is 37.3 Å². The first kappa shape index (κ1) is 15.9. The molecule has 1 N–H and O–H groups in total. The molecule has 0 aromatic heterocycles. The molecule has 1 aromatic carbocycles. The zero-order valence-electron chi connectivity index (χ0n) is 13.4. The highest BCUT2D eigenvalue weighted by Gasteiger charge is 2.49. The molecule has 1 unspecified atom stereocenters. The van der Waals surface area contributed by atoms with E-state index >= 15 is 0 Å². The van der Waals surface area contributed by atoms with Crippen LogP contribution in [0.4, 0.5) is 4.39 Å². The Balaban J connectivity index is 1.96. The smallest absolute Gasteiger partial charge is 0.256 e. The predicted molar refractivity (Wildman–Crippen MR) is 86.8 cm³/mol. The summed E-state index contributed by atoms with van der Waals surface area (Å²) in [6, 6.07) is 6.42. The van der Waals surface area contributed by atoms with Crippen molar-refractivity contribution >= 4 is 5.91 Å². The molecule has 2 aliphatic rings. The molecule has 1 aromatic rings. The Morgan fingerprint density at radius 1 is 1.35 bits per heavy atom. The van der Waals surface area contributed by atoms with E-state index in [-0.39, 0.29) is 18.3 Å². The van der Waals surface area contributed by atoms with Crippen LogP contribution in [0.1, 0.15) is 44.6 Å². The molecule has 0 bridgehead atoms. The fraction of sp³-hybridized carbons (Fsp3) is 0.421. The van der Waals surface area contributed by atoms with Crippen molar-refractivity contribution in [3.63, 3.8) is 0 Å². The highest BCUT2D eigenvalue weighted by molar-refractivity contribution is 6.01. The number of aliphatic hydroxyl groups is 1. The number of hydrogen-bond donors (Lipinski definition) is 1. The number of halogens is 1. The average Bonchev–Trinajstić information content (AvgIpc) is 2.78. The Hall–Kier alpha value is -1.94. The molecule has 23 heavy (non-hydrogen) atoms. The van der Waals surface area contributed by atoms with Crippen molar-refractivity contribution in [1.82, 2.24) is 4.90 Å². The SMILES string of the molecule is CCCCC1(O)C2=C(C=CCC2)C(=O)N1Cc1ccccc1F. The second-order valence-electron chi connectivity index (χ2n) is 6.24. The number of rotatable bonds is 5. The van der Waals surface area contributed by atoms with E-state index in [4.69, 9.17) is 0 Å². The zero-order chi connectivity index (χ0) is 16.4. The van der Waals surface area contributed by atoms with E-state index in [9.17, 15) is 14.3 Å². The van der Waals surface area contributed by atoms with Crippen LogP contribution >= 0.6 is 0 Å². The van der Waals surface area contributed by atoms with Gasteiger partial charge in [0.15, 0.2) is 5.72 Å². The lowest BCUT2D eigenvalue weighted by molar-refractivity contribution is -0.145. The Bertz CT molecular complexity index is 680.